The Morgan fingerprint density at radius 2 is 2.33 bits per heavy atom. The van der Waals surface area contributed by atoms with Crippen LogP contribution in [0.5, 0.6) is 0 Å². The molecular weight excluding hydrogens is 234 g/mol. The van der Waals surface area contributed by atoms with Gasteiger partial charge in [0.15, 0.2) is 5.82 Å². The van der Waals surface area contributed by atoms with E-state index < -0.39 is 12.0 Å². The Morgan fingerprint density at radius 3 is 2.89 bits per heavy atom. The van der Waals surface area contributed by atoms with Crippen LogP contribution in [0.3, 0.4) is 0 Å². The minimum atomic E-state index is -0.636. The van der Waals surface area contributed by atoms with Gasteiger partial charge in [0, 0.05) is 6.20 Å². The van der Waals surface area contributed by atoms with E-state index in [2.05, 4.69) is 11.2 Å². The predicted molar refractivity (Wildman–Crippen MR) is 63.2 cm³/mol. The summed E-state index contributed by atoms with van der Waals surface area (Å²) in [5.74, 6) is -0.901. The number of aliphatic hydroxyl groups is 1. The second-order valence-corrected chi connectivity index (χ2v) is 4.54. The average molecular weight is 249 g/mol. The molecule has 1 heterocycles. The van der Waals surface area contributed by atoms with E-state index in [-0.39, 0.29) is 23.3 Å². The number of nitrogens with zero attached hydrogens (tertiary/aromatic N) is 3. The number of primary amides is 1. The molecule has 7 nitrogen and oxygen atoms in total. The maximum Gasteiger partial charge on any atom is 0.254 e. The van der Waals surface area contributed by atoms with Crippen molar-refractivity contribution in [3.63, 3.8) is 0 Å². The van der Waals surface area contributed by atoms with E-state index in [0.717, 1.165) is 0 Å². The summed E-state index contributed by atoms with van der Waals surface area (Å²) < 4.78 is 1.52. The quantitative estimate of drug-likeness (QED) is 0.667. The molecule has 1 aliphatic rings. The molecule has 0 aliphatic heterocycles. The maximum atomic E-state index is 11.1. The van der Waals surface area contributed by atoms with Crippen molar-refractivity contribution in [2.75, 3.05) is 5.73 Å². The number of hydrogen-bond donors (Lipinski definition) is 3. The van der Waals surface area contributed by atoms with Gasteiger partial charge < -0.3 is 16.6 Å². The lowest BCUT2D eigenvalue weighted by atomic mass is 9.84. The molecule has 96 valence electrons. The summed E-state index contributed by atoms with van der Waals surface area (Å²) in [6, 6.07) is 1.99. The first kappa shape index (κ1) is 12.4. The zero-order chi connectivity index (χ0) is 13.3. The van der Waals surface area contributed by atoms with Crippen molar-refractivity contribution in [1.29, 1.82) is 5.26 Å². The van der Waals surface area contributed by atoms with Gasteiger partial charge in [-0.1, -0.05) is 0 Å². The van der Waals surface area contributed by atoms with Gasteiger partial charge >= 0.3 is 0 Å². The lowest BCUT2D eigenvalue weighted by Gasteiger charge is -2.29. The number of hydrogen-bond acceptors (Lipinski definition) is 5. The van der Waals surface area contributed by atoms with Crippen LogP contribution in [-0.2, 0) is 0 Å². The van der Waals surface area contributed by atoms with Crippen LogP contribution in [-0.4, -0.2) is 26.9 Å². The summed E-state index contributed by atoms with van der Waals surface area (Å²) in [6.07, 6.45) is 2.67. The smallest absolute Gasteiger partial charge is 0.254 e. The standard InChI is InChI=1S/C11H15N5O2/c12-4-6-3-7(17)1-2-9(6)16-5-8(11(14)18)10(13)15-16/h5-7,9,17H,1-3H2,(H2,13,15)(H2,14,18)/t6-,7-,9+/m1/s1. The number of aliphatic hydroxyl groups excluding tert-OH is 1. The molecule has 1 saturated carbocycles. The topological polar surface area (TPSA) is 131 Å². The second kappa shape index (κ2) is 4.66. The minimum Gasteiger partial charge on any atom is -0.393 e. The van der Waals surface area contributed by atoms with Gasteiger partial charge in [0.05, 0.1) is 24.1 Å². The van der Waals surface area contributed by atoms with Gasteiger partial charge in [-0.15, -0.1) is 0 Å². The highest BCUT2D eigenvalue weighted by atomic mass is 16.3. The SMILES string of the molecule is N#C[C@H]1C[C@H](O)CC[C@@H]1n1cc(C(N)=O)c(N)n1. The van der Waals surface area contributed by atoms with E-state index in [1.165, 1.54) is 10.9 Å². The normalized spacial score (nSPS) is 27.7. The van der Waals surface area contributed by atoms with Crippen LogP contribution in [0.1, 0.15) is 35.7 Å². The molecule has 1 aromatic rings. The van der Waals surface area contributed by atoms with Gasteiger partial charge in [0.25, 0.3) is 5.91 Å². The highest BCUT2D eigenvalue weighted by Gasteiger charge is 2.32. The molecule has 0 radical (unpaired) electrons. The maximum absolute atomic E-state index is 11.1. The molecule has 0 spiro atoms. The molecule has 1 fully saturated rings. The Kier molecular flexibility index (Phi) is 3.21. The summed E-state index contributed by atoms with van der Waals surface area (Å²) in [7, 11) is 0. The third kappa shape index (κ3) is 2.15. The van der Waals surface area contributed by atoms with Crippen LogP contribution < -0.4 is 11.5 Å². The zero-order valence-electron chi connectivity index (χ0n) is 9.78. The van der Waals surface area contributed by atoms with Crippen LogP contribution in [0.25, 0.3) is 0 Å². The summed E-state index contributed by atoms with van der Waals surface area (Å²) in [5.41, 5.74) is 10.9. The highest BCUT2D eigenvalue weighted by Crippen LogP contribution is 2.34. The van der Waals surface area contributed by atoms with E-state index in [9.17, 15) is 9.90 Å². The molecule has 1 aliphatic carbocycles. The zero-order valence-corrected chi connectivity index (χ0v) is 9.78. The molecule has 1 amide bonds. The second-order valence-electron chi connectivity index (χ2n) is 4.54. The van der Waals surface area contributed by atoms with Crippen molar-refractivity contribution in [1.82, 2.24) is 9.78 Å². The predicted octanol–water partition coefficient (Wildman–Crippen LogP) is -0.210. The van der Waals surface area contributed by atoms with Gasteiger partial charge in [-0.25, -0.2) is 0 Å². The molecule has 2 rings (SSSR count). The van der Waals surface area contributed by atoms with E-state index in [1.807, 2.05) is 0 Å². The van der Waals surface area contributed by atoms with E-state index >= 15 is 0 Å². The Bertz CT molecular complexity index is 504. The number of nitrogens with two attached hydrogens (primary N) is 2. The minimum absolute atomic E-state index is 0.0744. The first-order chi connectivity index (χ1) is 8.52. The number of nitrogen functional groups attached to an aromatic ring is 1. The summed E-state index contributed by atoms with van der Waals surface area (Å²) >= 11 is 0. The van der Waals surface area contributed by atoms with Crippen LogP contribution in [0.2, 0.25) is 0 Å². The molecule has 0 aromatic carbocycles. The Morgan fingerprint density at radius 1 is 1.61 bits per heavy atom. The molecule has 0 saturated heterocycles. The fourth-order valence-corrected chi connectivity index (χ4v) is 2.35. The number of carbonyl (C=O) groups is 1. The molecule has 7 heteroatoms. The van der Waals surface area contributed by atoms with Crippen molar-refractivity contribution in [2.45, 2.75) is 31.4 Å². The Labute approximate surface area is 104 Å². The highest BCUT2D eigenvalue weighted by molar-refractivity contribution is 5.96. The Hall–Kier alpha value is -2.07. The number of aromatic nitrogens is 2. The third-order valence-corrected chi connectivity index (χ3v) is 3.32. The monoisotopic (exact) mass is 249 g/mol. The lowest BCUT2D eigenvalue weighted by Crippen LogP contribution is -2.29. The largest absolute Gasteiger partial charge is 0.393 e. The fourth-order valence-electron chi connectivity index (χ4n) is 2.35. The summed E-state index contributed by atoms with van der Waals surface area (Å²) in [5, 5.41) is 22.7. The van der Waals surface area contributed by atoms with Crippen molar-refractivity contribution in [2.24, 2.45) is 11.7 Å². The first-order valence-electron chi connectivity index (χ1n) is 5.75. The molecule has 3 atom stereocenters. The number of rotatable bonds is 2. The van der Waals surface area contributed by atoms with Crippen molar-refractivity contribution in [3.8, 4) is 6.07 Å². The van der Waals surface area contributed by atoms with Crippen LogP contribution in [0.4, 0.5) is 5.82 Å². The van der Waals surface area contributed by atoms with Gasteiger partial charge in [-0.05, 0) is 19.3 Å². The molecular formula is C11H15N5O2. The van der Waals surface area contributed by atoms with Crippen LogP contribution >= 0.6 is 0 Å². The molecule has 0 bridgehead atoms. The van der Waals surface area contributed by atoms with E-state index in [1.54, 1.807) is 0 Å². The van der Waals surface area contributed by atoms with E-state index in [0.29, 0.717) is 19.3 Å². The Balaban J connectivity index is 2.28. The first-order valence-corrected chi connectivity index (χ1v) is 5.75. The third-order valence-electron chi connectivity index (χ3n) is 3.32. The average Bonchev–Trinajstić information content (AvgIpc) is 2.71. The van der Waals surface area contributed by atoms with Crippen LogP contribution in [0, 0.1) is 17.2 Å². The molecule has 0 unspecified atom stereocenters. The summed E-state index contributed by atoms with van der Waals surface area (Å²) in [6.45, 7) is 0. The molecule has 18 heavy (non-hydrogen) atoms. The van der Waals surface area contributed by atoms with Crippen LogP contribution in [0.15, 0.2) is 6.20 Å². The summed E-state index contributed by atoms with van der Waals surface area (Å²) in [4.78, 5) is 11.1. The number of carbonyl (C=O) groups excluding carboxylic acids is 1. The fraction of sp³-hybridized carbons (Fsp3) is 0.545. The van der Waals surface area contributed by atoms with Crippen molar-refractivity contribution in [3.05, 3.63) is 11.8 Å². The molecule has 5 N–H and O–H groups in total. The van der Waals surface area contributed by atoms with Crippen molar-refractivity contribution >= 4 is 11.7 Å². The van der Waals surface area contributed by atoms with Crippen molar-refractivity contribution < 1.29 is 9.90 Å². The van der Waals surface area contributed by atoms with Gasteiger partial charge in [0.1, 0.15) is 5.56 Å². The van der Waals surface area contributed by atoms with Gasteiger partial charge in [-0.2, -0.15) is 10.4 Å². The van der Waals surface area contributed by atoms with Gasteiger partial charge in [-0.3, -0.25) is 9.48 Å². The molecule has 1 aromatic heterocycles. The lowest BCUT2D eigenvalue weighted by molar-refractivity contribution is 0.0861. The number of amides is 1. The van der Waals surface area contributed by atoms with E-state index in [4.69, 9.17) is 16.7 Å². The number of anilines is 1. The number of nitriles is 1. The van der Waals surface area contributed by atoms with Gasteiger partial charge in [0.2, 0.25) is 0 Å².